The molecule has 0 aliphatic heterocycles. The summed E-state index contributed by atoms with van der Waals surface area (Å²) < 4.78 is 1.65. The van der Waals surface area contributed by atoms with Gasteiger partial charge in [-0.25, -0.2) is 4.98 Å². The zero-order valence-electron chi connectivity index (χ0n) is 9.98. The van der Waals surface area contributed by atoms with Crippen molar-refractivity contribution in [2.45, 2.75) is 0 Å². The molecule has 0 atom stereocenters. The Labute approximate surface area is 115 Å². The minimum Gasteiger partial charge on any atom is -0.286 e. The highest BCUT2D eigenvalue weighted by Gasteiger charge is 2.15. The van der Waals surface area contributed by atoms with E-state index in [0.717, 1.165) is 11.0 Å². The molecule has 0 spiro atoms. The van der Waals surface area contributed by atoms with Gasteiger partial charge in [0.05, 0.1) is 11.0 Å². The molecule has 0 N–H and O–H groups in total. The molecule has 0 saturated carbocycles. The first-order chi connectivity index (χ1) is 9.27. The van der Waals surface area contributed by atoms with Crippen LogP contribution in [0.15, 0.2) is 60.9 Å². The van der Waals surface area contributed by atoms with Gasteiger partial charge < -0.3 is 0 Å². The summed E-state index contributed by atoms with van der Waals surface area (Å²) in [6.45, 7) is 0. The average molecular weight is 266 g/mol. The molecule has 0 aliphatic carbocycles. The molecule has 1 aromatic heterocycles. The van der Waals surface area contributed by atoms with E-state index in [-0.39, 0.29) is 10.8 Å². The lowest BCUT2D eigenvalue weighted by molar-refractivity contribution is 0.106. The summed E-state index contributed by atoms with van der Waals surface area (Å²) in [6.07, 6.45) is 1.59. The number of para-hydroxylation sites is 2. The number of imidazole rings is 1. The summed E-state index contributed by atoms with van der Waals surface area (Å²) in [5, 5.41) is 0. The van der Waals surface area contributed by atoms with Crippen LogP contribution < -0.4 is 0 Å². The minimum atomic E-state index is -0.168. The molecule has 3 rings (SSSR count). The van der Waals surface area contributed by atoms with E-state index in [1.54, 1.807) is 23.0 Å². The second-order valence-electron chi connectivity index (χ2n) is 4.10. The van der Waals surface area contributed by atoms with Crippen LogP contribution >= 0.6 is 12.2 Å². The molecule has 0 aliphatic rings. The second-order valence-corrected chi connectivity index (χ2v) is 4.49. The summed E-state index contributed by atoms with van der Waals surface area (Å²) >= 11 is 5.28. The van der Waals surface area contributed by atoms with Crippen LogP contribution in [-0.2, 0) is 0 Å². The molecule has 0 unspecified atom stereocenters. The van der Waals surface area contributed by atoms with Gasteiger partial charge in [-0.3, -0.25) is 9.36 Å². The molecule has 0 amide bonds. The Kier molecular flexibility index (Phi) is 2.93. The SMILES string of the molecule is O=C(C(=S)n1cnc2ccccc21)c1ccccc1. The Hall–Kier alpha value is -2.33. The molecular formula is C15H10N2OS. The molecule has 0 fully saturated rings. The Morgan fingerprint density at radius 3 is 2.47 bits per heavy atom. The summed E-state index contributed by atoms with van der Waals surface area (Å²) in [7, 11) is 0. The van der Waals surface area contributed by atoms with Crippen LogP contribution in [0.1, 0.15) is 10.4 Å². The van der Waals surface area contributed by atoms with Crippen molar-refractivity contribution >= 4 is 34.0 Å². The van der Waals surface area contributed by atoms with Crippen molar-refractivity contribution < 1.29 is 4.79 Å². The fourth-order valence-electron chi connectivity index (χ4n) is 1.94. The summed E-state index contributed by atoms with van der Waals surface area (Å²) in [5.41, 5.74) is 2.26. The topological polar surface area (TPSA) is 34.9 Å². The van der Waals surface area contributed by atoms with Crippen LogP contribution in [0.4, 0.5) is 0 Å². The van der Waals surface area contributed by atoms with Crippen molar-refractivity contribution in [2.24, 2.45) is 0 Å². The van der Waals surface area contributed by atoms with Crippen molar-refractivity contribution in [2.75, 3.05) is 0 Å². The monoisotopic (exact) mass is 266 g/mol. The lowest BCUT2D eigenvalue weighted by atomic mass is 10.1. The lowest BCUT2D eigenvalue weighted by Crippen LogP contribution is -2.19. The van der Waals surface area contributed by atoms with Gasteiger partial charge in [-0.2, -0.15) is 0 Å². The van der Waals surface area contributed by atoms with Crippen molar-refractivity contribution in [3.63, 3.8) is 0 Å². The number of carbonyl (C=O) groups is 1. The van der Waals surface area contributed by atoms with E-state index in [9.17, 15) is 4.79 Å². The first-order valence-electron chi connectivity index (χ1n) is 5.83. The molecular weight excluding hydrogens is 256 g/mol. The predicted molar refractivity (Wildman–Crippen MR) is 78.5 cm³/mol. The van der Waals surface area contributed by atoms with Crippen molar-refractivity contribution in [1.82, 2.24) is 9.55 Å². The number of nitrogens with zero attached hydrogens (tertiary/aromatic N) is 2. The Balaban J connectivity index is 2.03. The highest BCUT2D eigenvalue weighted by molar-refractivity contribution is 7.82. The number of hydrogen-bond donors (Lipinski definition) is 0. The number of thiocarbonyl (C=S) groups is 1. The highest BCUT2D eigenvalue weighted by Crippen LogP contribution is 2.13. The maximum Gasteiger partial charge on any atom is 0.220 e. The predicted octanol–water partition coefficient (Wildman–Crippen LogP) is 3.09. The van der Waals surface area contributed by atoms with E-state index in [0.29, 0.717) is 5.56 Å². The van der Waals surface area contributed by atoms with Gasteiger partial charge in [0, 0.05) is 5.56 Å². The van der Waals surface area contributed by atoms with E-state index < -0.39 is 0 Å². The highest BCUT2D eigenvalue weighted by atomic mass is 32.1. The number of carbonyl (C=O) groups excluding carboxylic acids is 1. The Bertz CT molecular complexity index is 762. The largest absolute Gasteiger partial charge is 0.286 e. The van der Waals surface area contributed by atoms with E-state index in [4.69, 9.17) is 12.2 Å². The van der Waals surface area contributed by atoms with E-state index in [2.05, 4.69) is 4.98 Å². The molecule has 3 aromatic rings. The molecule has 92 valence electrons. The van der Waals surface area contributed by atoms with Crippen molar-refractivity contribution in [1.29, 1.82) is 0 Å². The molecule has 0 saturated heterocycles. The molecule has 4 heteroatoms. The third-order valence-corrected chi connectivity index (χ3v) is 3.28. The second kappa shape index (κ2) is 4.74. The fourth-order valence-corrected chi connectivity index (χ4v) is 2.21. The van der Waals surface area contributed by atoms with Gasteiger partial charge in [-0.1, -0.05) is 54.7 Å². The first kappa shape index (κ1) is 11.7. The molecule has 0 bridgehead atoms. The minimum absolute atomic E-state index is 0.168. The van der Waals surface area contributed by atoms with Crippen LogP contribution in [0.25, 0.3) is 11.0 Å². The number of fused-ring (bicyclic) bond motifs is 1. The summed E-state index contributed by atoms with van der Waals surface area (Å²) in [6, 6.07) is 16.6. The van der Waals surface area contributed by atoms with Crippen LogP contribution in [0.3, 0.4) is 0 Å². The van der Waals surface area contributed by atoms with Gasteiger partial charge in [-0.05, 0) is 12.1 Å². The van der Waals surface area contributed by atoms with Gasteiger partial charge in [0.25, 0.3) is 0 Å². The molecule has 19 heavy (non-hydrogen) atoms. The Morgan fingerprint density at radius 1 is 1.00 bits per heavy atom. The number of hydrogen-bond acceptors (Lipinski definition) is 3. The summed E-state index contributed by atoms with van der Waals surface area (Å²) in [4.78, 5) is 16.8. The van der Waals surface area contributed by atoms with Crippen LogP contribution in [-0.4, -0.2) is 20.3 Å². The van der Waals surface area contributed by atoms with Crippen LogP contribution in [0, 0.1) is 0 Å². The maximum absolute atomic E-state index is 12.3. The van der Waals surface area contributed by atoms with E-state index in [1.165, 1.54) is 0 Å². The quantitative estimate of drug-likeness (QED) is 0.528. The van der Waals surface area contributed by atoms with Gasteiger partial charge in [0.15, 0.2) is 4.99 Å². The first-order valence-corrected chi connectivity index (χ1v) is 6.24. The number of ketones is 1. The zero-order valence-corrected chi connectivity index (χ0v) is 10.8. The fraction of sp³-hybridized carbons (Fsp3) is 0. The maximum atomic E-state index is 12.3. The third kappa shape index (κ3) is 2.06. The zero-order chi connectivity index (χ0) is 13.2. The van der Waals surface area contributed by atoms with Gasteiger partial charge in [-0.15, -0.1) is 0 Å². The van der Waals surface area contributed by atoms with Gasteiger partial charge in [0.1, 0.15) is 6.33 Å². The Morgan fingerprint density at radius 2 is 1.68 bits per heavy atom. The normalized spacial score (nSPS) is 10.5. The smallest absolute Gasteiger partial charge is 0.220 e. The van der Waals surface area contributed by atoms with Crippen LogP contribution in [0.5, 0.6) is 0 Å². The molecule has 2 aromatic carbocycles. The van der Waals surface area contributed by atoms with Crippen molar-refractivity contribution in [3.8, 4) is 0 Å². The lowest BCUT2D eigenvalue weighted by Gasteiger charge is -2.05. The summed E-state index contributed by atoms with van der Waals surface area (Å²) in [5.74, 6) is -0.168. The van der Waals surface area contributed by atoms with Crippen molar-refractivity contribution in [3.05, 3.63) is 66.5 Å². The molecule has 3 nitrogen and oxygen atoms in total. The number of benzene rings is 2. The van der Waals surface area contributed by atoms with E-state index in [1.807, 2.05) is 42.5 Å². The molecule has 0 radical (unpaired) electrons. The molecule has 1 heterocycles. The number of Topliss-reactive ketones (excluding diaryl/α,β-unsaturated/α-hetero) is 1. The third-order valence-electron chi connectivity index (χ3n) is 2.90. The van der Waals surface area contributed by atoms with Crippen LogP contribution in [0.2, 0.25) is 0 Å². The number of aromatic nitrogens is 2. The van der Waals surface area contributed by atoms with E-state index >= 15 is 0 Å². The average Bonchev–Trinajstić information content (AvgIpc) is 2.90. The number of rotatable bonds is 2. The van der Waals surface area contributed by atoms with Gasteiger partial charge >= 0.3 is 0 Å². The standard InChI is InChI=1S/C15H10N2OS/c18-14(11-6-2-1-3-7-11)15(19)17-10-16-12-8-4-5-9-13(12)17/h1-10H. The van der Waals surface area contributed by atoms with Gasteiger partial charge in [0.2, 0.25) is 5.78 Å².